The van der Waals surface area contributed by atoms with Crippen LogP contribution in [0, 0.1) is 0 Å². The molecule has 0 spiro atoms. The van der Waals surface area contributed by atoms with E-state index in [1.165, 1.54) is 9.80 Å². The van der Waals surface area contributed by atoms with E-state index >= 15 is 0 Å². The number of hydrogen-bond acceptors (Lipinski definition) is 7. The molecule has 0 saturated carbocycles. The Morgan fingerprint density at radius 2 is 1.45 bits per heavy atom. The van der Waals surface area contributed by atoms with Crippen LogP contribution in [0.3, 0.4) is 0 Å². The van der Waals surface area contributed by atoms with Gasteiger partial charge in [0.2, 0.25) is 29.5 Å². The van der Waals surface area contributed by atoms with Crippen molar-refractivity contribution in [2.24, 2.45) is 17.2 Å². The molecule has 13 heteroatoms. The van der Waals surface area contributed by atoms with Gasteiger partial charge in [0.15, 0.2) is 0 Å². The lowest BCUT2D eigenvalue weighted by molar-refractivity contribution is -0.152. The third kappa shape index (κ3) is 5.90. The van der Waals surface area contributed by atoms with Crippen LogP contribution in [0.25, 0.3) is 0 Å². The molecule has 2 heterocycles. The zero-order chi connectivity index (χ0) is 23.3. The summed E-state index contributed by atoms with van der Waals surface area (Å²) in [5.74, 6) is -4.85. The maximum Gasteiger partial charge on any atom is 0.326 e. The molecule has 0 aromatic heterocycles. The van der Waals surface area contributed by atoms with Gasteiger partial charge in [-0.3, -0.25) is 24.0 Å². The summed E-state index contributed by atoms with van der Waals surface area (Å²) >= 11 is 0. The second-order valence-electron chi connectivity index (χ2n) is 7.73. The molecule has 0 bridgehead atoms. The number of likely N-dealkylation sites (tertiary alicyclic amines) is 2. The van der Waals surface area contributed by atoms with Crippen LogP contribution < -0.4 is 22.5 Å². The number of primary amides is 2. The molecule has 2 fully saturated rings. The molecule has 31 heavy (non-hydrogen) atoms. The number of nitrogens with zero attached hydrogens (tertiary/aromatic N) is 2. The van der Waals surface area contributed by atoms with E-state index in [9.17, 15) is 33.9 Å². The predicted octanol–water partition coefficient (Wildman–Crippen LogP) is -3.38. The van der Waals surface area contributed by atoms with Crippen molar-refractivity contribution in [3.63, 3.8) is 0 Å². The number of carboxylic acid groups (broad SMARTS) is 1. The van der Waals surface area contributed by atoms with Gasteiger partial charge in [-0.2, -0.15) is 0 Å². The van der Waals surface area contributed by atoms with Crippen molar-refractivity contribution in [3.05, 3.63) is 0 Å². The Labute approximate surface area is 178 Å². The predicted molar refractivity (Wildman–Crippen MR) is 105 cm³/mol. The van der Waals surface area contributed by atoms with E-state index in [0.717, 1.165) is 0 Å². The lowest BCUT2D eigenvalue weighted by Gasteiger charge is -2.32. The van der Waals surface area contributed by atoms with Crippen molar-refractivity contribution in [1.82, 2.24) is 15.1 Å². The lowest BCUT2D eigenvalue weighted by atomic mass is 10.1. The summed E-state index contributed by atoms with van der Waals surface area (Å²) in [7, 11) is 0. The van der Waals surface area contributed by atoms with Crippen LogP contribution in [-0.4, -0.2) is 87.7 Å². The Hall–Kier alpha value is -3.22. The van der Waals surface area contributed by atoms with E-state index < -0.39 is 72.5 Å². The van der Waals surface area contributed by atoms with E-state index in [0.29, 0.717) is 25.7 Å². The molecule has 8 N–H and O–H groups in total. The summed E-state index contributed by atoms with van der Waals surface area (Å²) in [6.45, 7) is 0.469. The minimum atomic E-state index is -1.38. The highest BCUT2D eigenvalue weighted by molar-refractivity contribution is 5.97. The van der Waals surface area contributed by atoms with Crippen LogP contribution >= 0.6 is 0 Å². The minimum Gasteiger partial charge on any atom is -0.480 e. The summed E-state index contributed by atoms with van der Waals surface area (Å²) in [6.07, 6.45) is 0.700. The molecule has 2 aliphatic heterocycles. The van der Waals surface area contributed by atoms with Gasteiger partial charge < -0.3 is 37.4 Å². The monoisotopic (exact) mass is 440 g/mol. The third-order valence-corrected chi connectivity index (χ3v) is 5.42. The standard InChI is InChI=1S/C18H28N6O7/c19-9(7-13(20)25)15(27)22-10(8-14(21)26)16(28)23-5-1-3-11(23)17(29)24-6-2-4-12(24)18(30)31/h9-12H,1-8,19H2,(H2,20,25)(H2,21,26)(H,22,27)(H,30,31). The smallest absolute Gasteiger partial charge is 0.326 e. The van der Waals surface area contributed by atoms with Gasteiger partial charge in [0.05, 0.1) is 18.9 Å². The second-order valence-corrected chi connectivity index (χ2v) is 7.73. The number of carbonyl (C=O) groups excluding carboxylic acids is 5. The van der Waals surface area contributed by atoms with Gasteiger partial charge in [0.1, 0.15) is 18.1 Å². The summed E-state index contributed by atoms with van der Waals surface area (Å²) in [6, 6.07) is -4.55. The van der Waals surface area contributed by atoms with Crippen LogP contribution in [0.2, 0.25) is 0 Å². The maximum atomic E-state index is 13.1. The summed E-state index contributed by atoms with van der Waals surface area (Å²) < 4.78 is 0. The molecule has 0 radical (unpaired) electrons. The molecule has 2 aliphatic rings. The van der Waals surface area contributed by atoms with Crippen molar-refractivity contribution in [2.75, 3.05) is 13.1 Å². The van der Waals surface area contributed by atoms with Crippen molar-refractivity contribution in [3.8, 4) is 0 Å². The van der Waals surface area contributed by atoms with E-state index in [1.807, 2.05) is 0 Å². The van der Waals surface area contributed by atoms with Crippen molar-refractivity contribution in [2.45, 2.75) is 62.7 Å². The molecule has 172 valence electrons. The lowest BCUT2D eigenvalue weighted by Crippen LogP contribution is -2.57. The number of nitrogens with two attached hydrogens (primary N) is 3. The van der Waals surface area contributed by atoms with Crippen molar-refractivity contribution < 1.29 is 33.9 Å². The van der Waals surface area contributed by atoms with E-state index in [4.69, 9.17) is 17.2 Å². The van der Waals surface area contributed by atoms with Crippen molar-refractivity contribution >= 4 is 35.5 Å². The third-order valence-electron chi connectivity index (χ3n) is 5.42. The molecular formula is C18H28N6O7. The largest absolute Gasteiger partial charge is 0.480 e. The molecule has 2 rings (SSSR count). The molecule has 0 aromatic carbocycles. The highest BCUT2D eigenvalue weighted by Crippen LogP contribution is 2.25. The zero-order valence-corrected chi connectivity index (χ0v) is 17.0. The highest BCUT2D eigenvalue weighted by atomic mass is 16.4. The Balaban J connectivity index is 2.16. The fraction of sp³-hybridized carbons (Fsp3) is 0.667. The normalized spacial score (nSPS) is 22.6. The van der Waals surface area contributed by atoms with Gasteiger partial charge in [-0.15, -0.1) is 0 Å². The van der Waals surface area contributed by atoms with Crippen LogP contribution in [-0.2, 0) is 28.8 Å². The Morgan fingerprint density at radius 3 is 2.00 bits per heavy atom. The van der Waals surface area contributed by atoms with Gasteiger partial charge in [-0.1, -0.05) is 0 Å². The van der Waals surface area contributed by atoms with Crippen LogP contribution in [0.15, 0.2) is 0 Å². The van der Waals surface area contributed by atoms with Gasteiger partial charge in [-0.25, -0.2) is 4.79 Å². The van der Waals surface area contributed by atoms with Gasteiger partial charge in [0.25, 0.3) is 0 Å². The van der Waals surface area contributed by atoms with Crippen molar-refractivity contribution in [1.29, 1.82) is 0 Å². The first kappa shape index (κ1) is 24.1. The van der Waals surface area contributed by atoms with Crippen LogP contribution in [0.4, 0.5) is 0 Å². The Bertz CT molecular complexity index is 772. The number of amides is 5. The van der Waals surface area contributed by atoms with E-state index in [-0.39, 0.29) is 13.1 Å². The van der Waals surface area contributed by atoms with E-state index in [2.05, 4.69) is 5.32 Å². The number of rotatable bonds is 9. The number of aliphatic carboxylic acids is 1. The minimum absolute atomic E-state index is 0.194. The highest BCUT2D eigenvalue weighted by Gasteiger charge is 2.43. The molecule has 0 aliphatic carbocycles. The molecule has 4 atom stereocenters. The maximum absolute atomic E-state index is 13.1. The van der Waals surface area contributed by atoms with Crippen LogP contribution in [0.5, 0.6) is 0 Å². The first-order chi connectivity index (χ1) is 14.5. The fourth-order valence-electron chi connectivity index (χ4n) is 3.96. The Kier molecular flexibility index (Phi) is 7.91. The topological polar surface area (TPSA) is 219 Å². The molecule has 13 nitrogen and oxygen atoms in total. The average Bonchev–Trinajstić information content (AvgIpc) is 3.34. The second kappa shape index (κ2) is 10.2. The number of carbonyl (C=O) groups is 6. The number of hydrogen-bond donors (Lipinski definition) is 5. The first-order valence-electron chi connectivity index (χ1n) is 9.99. The SMILES string of the molecule is NC(=O)CC(N)C(=O)NC(CC(N)=O)C(=O)N1CCCC1C(=O)N1CCCC1C(=O)O. The molecule has 4 unspecified atom stereocenters. The molecular weight excluding hydrogens is 412 g/mol. The Morgan fingerprint density at radius 1 is 0.903 bits per heavy atom. The molecule has 5 amide bonds. The van der Waals surface area contributed by atoms with Gasteiger partial charge in [0, 0.05) is 13.1 Å². The van der Waals surface area contributed by atoms with Gasteiger partial charge in [-0.05, 0) is 25.7 Å². The van der Waals surface area contributed by atoms with Crippen LogP contribution in [0.1, 0.15) is 38.5 Å². The average molecular weight is 440 g/mol. The first-order valence-corrected chi connectivity index (χ1v) is 9.99. The molecule has 0 aromatic rings. The number of carboxylic acids is 1. The van der Waals surface area contributed by atoms with Gasteiger partial charge >= 0.3 is 5.97 Å². The summed E-state index contributed by atoms with van der Waals surface area (Å²) in [5, 5.41) is 11.6. The fourth-order valence-corrected chi connectivity index (χ4v) is 3.96. The quantitative estimate of drug-likeness (QED) is 0.243. The zero-order valence-electron chi connectivity index (χ0n) is 17.0. The summed E-state index contributed by atoms with van der Waals surface area (Å²) in [4.78, 5) is 74.6. The number of nitrogens with one attached hydrogen (secondary N) is 1. The van der Waals surface area contributed by atoms with E-state index in [1.54, 1.807) is 0 Å². The summed E-state index contributed by atoms with van der Waals surface area (Å²) in [5.41, 5.74) is 15.8. The molecule has 2 saturated heterocycles.